The van der Waals surface area contributed by atoms with Crippen LogP contribution in [0.1, 0.15) is 16.7 Å². The highest BCUT2D eigenvalue weighted by atomic mass is 14.0. The van der Waals surface area contributed by atoms with Gasteiger partial charge in [0.25, 0.3) is 0 Å². The number of rotatable bonds is 4. The Morgan fingerprint density at radius 2 is 1.27 bits per heavy atom. The van der Waals surface area contributed by atoms with E-state index in [4.69, 9.17) is 0 Å². The third-order valence-corrected chi connectivity index (χ3v) is 3.80. The fraction of sp³-hybridized carbons (Fsp3) is 0.0909. The van der Waals surface area contributed by atoms with Crippen LogP contribution in [-0.2, 0) is 6.42 Å². The van der Waals surface area contributed by atoms with Gasteiger partial charge in [-0.1, -0.05) is 96.6 Å². The molecule has 0 unspecified atom stereocenters. The van der Waals surface area contributed by atoms with Crippen LogP contribution in [0.4, 0.5) is 0 Å². The Bertz CT molecular complexity index is 732. The normalized spacial score (nSPS) is 11.0. The summed E-state index contributed by atoms with van der Waals surface area (Å²) in [5, 5.41) is 0. The predicted octanol–water partition coefficient (Wildman–Crippen LogP) is 5.92. The van der Waals surface area contributed by atoms with Crippen molar-refractivity contribution in [3.05, 3.63) is 102 Å². The zero-order valence-electron chi connectivity index (χ0n) is 12.9. The van der Waals surface area contributed by atoms with E-state index >= 15 is 0 Å². The molecule has 0 aliphatic carbocycles. The lowest BCUT2D eigenvalue weighted by Crippen LogP contribution is -1.81. The molecule has 0 saturated heterocycles. The van der Waals surface area contributed by atoms with Gasteiger partial charge in [0.15, 0.2) is 0 Å². The number of allylic oxidation sites excluding steroid dienone is 1. The largest absolute Gasteiger partial charge is 0.0795 e. The summed E-state index contributed by atoms with van der Waals surface area (Å²) in [5.74, 6) is 0. The molecular formula is C22H20. The van der Waals surface area contributed by atoms with Crippen LogP contribution in [0.15, 0.2) is 84.9 Å². The smallest absolute Gasteiger partial charge is 0.00941 e. The van der Waals surface area contributed by atoms with E-state index < -0.39 is 0 Å². The Hall–Kier alpha value is -2.60. The molecule has 108 valence electrons. The van der Waals surface area contributed by atoms with Crippen LogP contribution >= 0.6 is 0 Å². The van der Waals surface area contributed by atoms with Gasteiger partial charge in [0, 0.05) is 0 Å². The summed E-state index contributed by atoms with van der Waals surface area (Å²) < 4.78 is 0. The van der Waals surface area contributed by atoms with E-state index in [1.165, 1.54) is 27.8 Å². The molecule has 0 nitrogen and oxygen atoms in total. The minimum Gasteiger partial charge on any atom is -0.0795 e. The second-order valence-electron chi connectivity index (χ2n) is 5.58. The Morgan fingerprint density at radius 1 is 0.682 bits per heavy atom. The SMILES string of the molecule is Cc1ccc(-c2ccc(/C=C/Cc3ccccc3)cc2)cc1. The maximum absolute atomic E-state index is 2.22. The van der Waals surface area contributed by atoms with Crippen molar-refractivity contribution in [2.24, 2.45) is 0 Å². The van der Waals surface area contributed by atoms with Gasteiger partial charge in [-0.3, -0.25) is 0 Å². The third kappa shape index (κ3) is 3.73. The van der Waals surface area contributed by atoms with Crippen molar-refractivity contribution in [3.8, 4) is 11.1 Å². The molecule has 22 heavy (non-hydrogen) atoms. The number of hydrogen-bond acceptors (Lipinski definition) is 0. The predicted molar refractivity (Wildman–Crippen MR) is 95.8 cm³/mol. The highest BCUT2D eigenvalue weighted by molar-refractivity contribution is 5.66. The van der Waals surface area contributed by atoms with Crippen molar-refractivity contribution < 1.29 is 0 Å². The second-order valence-corrected chi connectivity index (χ2v) is 5.58. The molecule has 0 N–H and O–H groups in total. The van der Waals surface area contributed by atoms with Gasteiger partial charge >= 0.3 is 0 Å². The first-order chi connectivity index (χ1) is 10.8. The second kappa shape index (κ2) is 6.91. The lowest BCUT2D eigenvalue weighted by Gasteiger charge is -2.03. The first-order valence-electron chi connectivity index (χ1n) is 7.69. The van der Waals surface area contributed by atoms with E-state index in [-0.39, 0.29) is 0 Å². The van der Waals surface area contributed by atoms with Crippen LogP contribution in [0.3, 0.4) is 0 Å². The lowest BCUT2D eigenvalue weighted by molar-refractivity contribution is 1.28. The van der Waals surface area contributed by atoms with Gasteiger partial charge < -0.3 is 0 Å². The molecular weight excluding hydrogens is 264 g/mol. The molecule has 0 aromatic heterocycles. The van der Waals surface area contributed by atoms with E-state index in [2.05, 4.69) is 97.9 Å². The quantitative estimate of drug-likeness (QED) is 0.558. The molecule has 0 spiro atoms. The van der Waals surface area contributed by atoms with E-state index in [1.54, 1.807) is 0 Å². The summed E-state index contributed by atoms with van der Waals surface area (Å²) in [5.41, 5.74) is 6.41. The topological polar surface area (TPSA) is 0 Å². The average Bonchev–Trinajstić information content (AvgIpc) is 2.57. The van der Waals surface area contributed by atoms with Gasteiger partial charge in [0.2, 0.25) is 0 Å². The molecule has 0 aliphatic rings. The summed E-state index contributed by atoms with van der Waals surface area (Å²) in [4.78, 5) is 0. The zero-order chi connectivity index (χ0) is 15.2. The molecule has 3 rings (SSSR count). The minimum atomic E-state index is 0.973. The first kappa shape index (κ1) is 14.3. The molecule has 0 radical (unpaired) electrons. The van der Waals surface area contributed by atoms with Gasteiger partial charge in [-0.05, 0) is 35.6 Å². The monoisotopic (exact) mass is 284 g/mol. The van der Waals surface area contributed by atoms with Crippen molar-refractivity contribution in [1.82, 2.24) is 0 Å². The van der Waals surface area contributed by atoms with Crippen LogP contribution in [0.25, 0.3) is 17.2 Å². The van der Waals surface area contributed by atoms with E-state index in [0.29, 0.717) is 0 Å². The van der Waals surface area contributed by atoms with Gasteiger partial charge in [-0.25, -0.2) is 0 Å². The Balaban J connectivity index is 1.68. The van der Waals surface area contributed by atoms with Gasteiger partial charge in [-0.15, -0.1) is 0 Å². The fourth-order valence-electron chi connectivity index (χ4n) is 2.48. The van der Waals surface area contributed by atoms with Crippen LogP contribution in [-0.4, -0.2) is 0 Å². The zero-order valence-corrected chi connectivity index (χ0v) is 12.9. The molecule has 0 heterocycles. The van der Waals surface area contributed by atoms with E-state index in [9.17, 15) is 0 Å². The molecule has 3 aromatic rings. The molecule has 0 amide bonds. The Morgan fingerprint density at radius 3 is 1.91 bits per heavy atom. The molecule has 0 atom stereocenters. The highest BCUT2D eigenvalue weighted by Crippen LogP contribution is 2.20. The van der Waals surface area contributed by atoms with Crippen LogP contribution < -0.4 is 0 Å². The first-order valence-corrected chi connectivity index (χ1v) is 7.69. The molecule has 0 aliphatic heterocycles. The standard InChI is InChI=1S/C22H20/c1-18-10-14-21(15-11-18)22-16-12-20(13-17-22)9-5-8-19-6-3-2-4-7-19/h2-7,9-17H,8H2,1H3/b9-5+. The lowest BCUT2D eigenvalue weighted by atomic mass is 10.0. The summed E-state index contributed by atoms with van der Waals surface area (Å²) in [6.07, 6.45) is 5.38. The van der Waals surface area contributed by atoms with Crippen molar-refractivity contribution in [1.29, 1.82) is 0 Å². The number of benzene rings is 3. The maximum atomic E-state index is 2.22. The number of aryl methyl sites for hydroxylation is 1. The summed E-state index contributed by atoms with van der Waals surface area (Å²) in [6, 6.07) is 27.9. The van der Waals surface area contributed by atoms with E-state index in [0.717, 1.165) is 6.42 Å². The van der Waals surface area contributed by atoms with Gasteiger partial charge in [-0.2, -0.15) is 0 Å². The maximum Gasteiger partial charge on any atom is -0.00941 e. The molecule has 3 aromatic carbocycles. The third-order valence-electron chi connectivity index (χ3n) is 3.80. The molecule has 0 fully saturated rings. The van der Waals surface area contributed by atoms with Crippen LogP contribution in [0.5, 0.6) is 0 Å². The van der Waals surface area contributed by atoms with Crippen molar-refractivity contribution in [2.75, 3.05) is 0 Å². The summed E-state index contributed by atoms with van der Waals surface area (Å²) in [6.45, 7) is 2.12. The minimum absolute atomic E-state index is 0.973. The number of hydrogen-bond donors (Lipinski definition) is 0. The van der Waals surface area contributed by atoms with Crippen molar-refractivity contribution in [2.45, 2.75) is 13.3 Å². The fourth-order valence-corrected chi connectivity index (χ4v) is 2.48. The Kier molecular flexibility index (Phi) is 4.50. The highest BCUT2D eigenvalue weighted by Gasteiger charge is 1.96. The molecule has 0 saturated carbocycles. The van der Waals surface area contributed by atoms with Crippen molar-refractivity contribution in [3.63, 3.8) is 0 Å². The van der Waals surface area contributed by atoms with Gasteiger partial charge in [0.1, 0.15) is 0 Å². The Labute approximate surface area is 132 Å². The van der Waals surface area contributed by atoms with Crippen molar-refractivity contribution >= 4 is 6.08 Å². The van der Waals surface area contributed by atoms with E-state index in [1.807, 2.05) is 0 Å². The molecule has 0 bridgehead atoms. The van der Waals surface area contributed by atoms with Crippen LogP contribution in [0.2, 0.25) is 0 Å². The summed E-state index contributed by atoms with van der Waals surface area (Å²) >= 11 is 0. The van der Waals surface area contributed by atoms with Crippen LogP contribution in [0, 0.1) is 6.92 Å². The van der Waals surface area contributed by atoms with Gasteiger partial charge in [0.05, 0.1) is 0 Å². The average molecular weight is 284 g/mol. The summed E-state index contributed by atoms with van der Waals surface area (Å²) in [7, 11) is 0. The molecule has 0 heteroatoms.